The van der Waals surface area contributed by atoms with Crippen LogP contribution < -0.4 is 0 Å². The predicted octanol–water partition coefficient (Wildman–Crippen LogP) is 6.98. The molecule has 0 amide bonds. The number of hydrogen-bond acceptors (Lipinski definition) is 2. The molecule has 0 bridgehead atoms. The molecule has 1 saturated carbocycles. The van der Waals surface area contributed by atoms with E-state index in [9.17, 15) is 10.2 Å². The Hall–Kier alpha value is -0.860. The minimum atomic E-state index is -0.256. The summed E-state index contributed by atoms with van der Waals surface area (Å²) in [6.07, 6.45) is 13.1. The first-order valence-electron chi connectivity index (χ1n) is 12.9. The van der Waals surface area contributed by atoms with E-state index in [1.165, 1.54) is 31.3 Å². The molecule has 0 aromatic heterocycles. The maximum absolute atomic E-state index is 10.9. The molecule has 0 aromatic rings. The van der Waals surface area contributed by atoms with Gasteiger partial charge in [-0.05, 0) is 110 Å². The van der Waals surface area contributed by atoms with Crippen molar-refractivity contribution in [2.24, 2.45) is 34.0 Å². The molecule has 2 N–H and O–H groups in total. The third-order valence-corrected chi connectivity index (χ3v) is 10.4. The highest BCUT2D eigenvalue weighted by molar-refractivity contribution is 5.50. The summed E-state index contributed by atoms with van der Waals surface area (Å²) in [5.41, 5.74) is 6.77. The maximum atomic E-state index is 10.9. The second kappa shape index (κ2) is 7.87. The lowest BCUT2D eigenvalue weighted by Crippen LogP contribution is -2.53. The zero-order valence-electron chi connectivity index (χ0n) is 21.1. The summed E-state index contributed by atoms with van der Waals surface area (Å²) in [5, 5.41) is 21.7. The second-order valence-corrected chi connectivity index (χ2v) is 12.7. The SMILES string of the molecule is CC(C)=CCC(O)[C@@H](C)[C@H]1CC=C2C3=C(CC[C@@]21C)[C@@]1(C)CCC(O)C(C)(C)[C@H]1CC3. The minimum absolute atomic E-state index is 0.00240. The van der Waals surface area contributed by atoms with Gasteiger partial charge < -0.3 is 10.2 Å². The Balaban J connectivity index is 1.62. The molecular weight excluding hydrogens is 380 g/mol. The molecule has 31 heavy (non-hydrogen) atoms. The number of aliphatic hydroxyl groups is 2. The lowest BCUT2D eigenvalue weighted by atomic mass is 9.46. The summed E-state index contributed by atoms with van der Waals surface area (Å²) in [4.78, 5) is 0. The molecule has 0 radical (unpaired) electrons. The van der Waals surface area contributed by atoms with Gasteiger partial charge in [0.2, 0.25) is 0 Å². The fourth-order valence-electron chi connectivity index (χ4n) is 8.35. The highest BCUT2D eigenvalue weighted by Crippen LogP contribution is 2.66. The molecule has 7 atom stereocenters. The molecular formula is C29H46O2. The molecule has 4 aliphatic carbocycles. The molecule has 0 aliphatic heterocycles. The van der Waals surface area contributed by atoms with Crippen LogP contribution in [0.15, 0.2) is 34.4 Å². The molecule has 2 unspecified atom stereocenters. The molecule has 2 nitrogen and oxygen atoms in total. The smallest absolute Gasteiger partial charge is 0.0603 e. The number of hydrogen-bond donors (Lipinski definition) is 2. The molecule has 0 saturated heterocycles. The van der Waals surface area contributed by atoms with Gasteiger partial charge in [0.25, 0.3) is 0 Å². The number of allylic oxidation sites excluding steroid dienone is 5. The zero-order valence-corrected chi connectivity index (χ0v) is 21.1. The predicted molar refractivity (Wildman–Crippen MR) is 130 cm³/mol. The van der Waals surface area contributed by atoms with Crippen molar-refractivity contribution in [3.05, 3.63) is 34.4 Å². The van der Waals surface area contributed by atoms with Crippen molar-refractivity contribution in [1.82, 2.24) is 0 Å². The number of aliphatic hydroxyl groups excluding tert-OH is 2. The van der Waals surface area contributed by atoms with E-state index in [0.717, 1.165) is 25.7 Å². The van der Waals surface area contributed by atoms with E-state index in [2.05, 4.69) is 60.6 Å². The first kappa shape index (κ1) is 23.3. The third kappa shape index (κ3) is 3.52. The monoisotopic (exact) mass is 426 g/mol. The van der Waals surface area contributed by atoms with Crippen LogP contribution in [-0.4, -0.2) is 22.4 Å². The van der Waals surface area contributed by atoms with Crippen LogP contribution in [0, 0.1) is 34.0 Å². The van der Waals surface area contributed by atoms with Crippen LogP contribution >= 0.6 is 0 Å². The molecule has 2 heteroatoms. The van der Waals surface area contributed by atoms with Gasteiger partial charge in [-0.15, -0.1) is 0 Å². The Bertz CT molecular complexity index is 811. The van der Waals surface area contributed by atoms with Crippen LogP contribution in [0.1, 0.15) is 99.8 Å². The van der Waals surface area contributed by atoms with Gasteiger partial charge >= 0.3 is 0 Å². The number of fused-ring (bicyclic) bond motifs is 4. The molecule has 0 heterocycles. The molecule has 4 rings (SSSR count). The van der Waals surface area contributed by atoms with Crippen molar-refractivity contribution in [2.75, 3.05) is 0 Å². The lowest BCUT2D eigenvalue weighted by molar-refractivity contribution is -0.0906. The average molecular weight is 427 g/mol. The van der Waals surface area contributed by atoms with Crippen molar-refractivity contribution in [2.45, 2.75) is 112 Å². The Kier molecular flexibility index (Phi) is 5.92. The normalized spacial score (nSPS) is 40.9. The largest absolute Gasteiger partial charge is 0.393 e. The van der Waals surface area contributed by atoms with Crippen molar-refractivity contribution >= 4 is 0 Å². The molecule has 1 fully saturated rings. The van der Waals surface area contributed by atoms with Gasteiger partial charge in [-0.3, -0.25) is 0 Å². The van der Waals surface area contributed by atoms with Crippen LogP contribution in [0.4, 0.5) is 0 Å². The Morgan fingerprint density at radius 3 is 2.48 bits per heavy atom. The zero-order chi connectivity index (χ0) is 22.8. The summed E-state index contributed by atoms with van der Waals surface area (Å²) in [7, 11) is 0. The van der Waals surface area contributed by atoms with Crippen LogP contribution in [0.2, 0.25) is 0 Å². The average Bonchev–Trinajstić information content (AvgIpc) is 3.06. The van der Waals surface area contributed by atoms with Gasteiger partial charge in [0, 0.05) is 0 Å². The maximum Gasteiger partial charge on any atom is 0.0603 e. The van der Waals surface area contributed by atoms with Crippen molar-refractivity contribution in [3.63, 3.8) is 0 Å². The highest BCUT2D eigenvalue weighted by Gasteiger charge is 2.57. The van der Waals surface area contributed by atoms with Gasteiger partial charge in [-0.2, -0.15) is 0 Å². The first-order valence-corrected chi connectivity index (χ1v) is 12.9. The fourth-order valence-corrected chi connectivity index (χ4v) is 8.35. The van der Waals surface area contributed by atoms with E-state index in [4.69, 9.17) is 0 Å². The Morgan fingerprint density at radius 1 is 1.10 bits per heavy atom. The van der Waals surface area contributed by atoms with Gasteiger partial charge in [0.05, 0.1) is 12.2 Å². The van der Waals surface area contributed by atoms with E-state index in [1.54, 1.807) is 16.7 Å². The van der Waals surface area contributed by atoms with Gasteiger partial charge in [-0.1, -0.05) is 57.9 Å². The molecule has 0 aromatic carbocycles. The Labute approximate surface area is 190 Å². The topological polar surface area (TPSA) is 40.5 Å². The summed E-state index contributed by atoms with van der Waals surface area (Å²) in [6, 6.07) is 0. The summed E-state index contributed by atoms with van der Waals surface area (Å²) >= 11 is 0. The van der Waals surface area contributed by atoms with E-state index >= 15 is 0 Å². The standard InChI is InChI=1S/C29H46O2/c1-18(2)8-12-24(30)19(3)21-10-11-22-20-9-13-25-27(4,5)26(31)15-17-29(25,7)23(20)14-16-28(21,22)6/h8,11,19,21,24-26,30-31H,9-10,12-17H2,1-7H3/t19-,21+,24?,25+,26?,28+,29+/m0/s1. The van der Waals surface area contributed by atoms with E-state index in [-0.39, 0.29) is 28.5 Å². The van der Waals surface area contributed by atoms with Crippen LogP contribution in [0.5, 0.6) is 0 Å². The van der Waals surface area contributed by atoms with Gasteiger partial charge in [0.15, 0.2) is 0 Å². The Morgan fingerprint density at radius 2 is 1.81 bits per heavy atom. The van der Waals surface area contributed by atoms with Crippen molar-refractivity contribution in [1.29, 1.82) is 0 Å². The second-order valence-electron chi connectivity index (χ2n) is 12.7. The summed E-state index contributed by atoms with van der Waals surface area (Å²) in [5.74, 6) is 1.42. The van der Waals surface area contributed by atoms with Gasteiger partial charge in [0.1, 0.15) is 0 Å². The first-order chi connectivity index (χ1) is 14.4. The number of rotatable bonds is 4. The molecule has 174 valence electrons. The minimum Gasteiger partial charge on any atom is -0.393 e. The fraction of sp³-hybridized carbons (Fsp3) is 0.793. The lowest BCUT2D eigenvalue weighted by Gasteiger charge is -2.59. The molecule has 0 spiro atoms. The van der Waals surface area contributed by atoms with E-state index < -0.39 is 0 Å². The van der Waals surface area contributed by atoms with E-state index in [1.807, 2.05) is 0 Å². The molecule has 4 aliphatic rings. The quantitative estimate of drug-likeness (QED) is 0.476. The van der Waals surface area contributed by atoms with E-state index in [0.29, 0.717) is 17.8 Å². The third-order valence-electron chi connectivity index (χ3n) is 10.4. The van der Waals surface area contributed by atoms with Crippen molar-refractivity contribution < 1.29 is 10.2 Å². The van der Waals surface area contributed by atoms with Crippen LogP contribution in [0.3, 0.4) is 0 Å². The van der Waals surface area contributed by atoms with Crippen molar-refractivity contribution in [3.8, 4) is 0 Å². The summed E-state index contributed by atoms with van der Waals surface area (Å²) < 4.78 is 0. The summed E-state index contributed by atoms with van der Waals surface area (Å²) in [6.45, 7) is 16.1. The highest BCUT2D eigenvalue weighted by atomic mass is 16.3. The van der Waals surface area contributed by atoms with Crippen LogP contribution in [-0.2, 0) is 0 Å². The van der Waals surface area contributed by atoms with Gasteiger partial charge in [-0.25, -0.2) is 0 Å². The van der Waals surface area contributed by atoms with Crippen LogP contribution in [0.25, 0.3) is 0 Å².